The number of fused-ring (bicyclic) bond motifs is 2. The lowest BCUT2D eigenvalue weighted by Crippen LogP contribution is -2.29. The fourth-order valence-corrected chi connectivity index (χ4v) is 5.10. The summed E-state index contributed by atoms with van der Waals surface area (Å²) in [7, 11) is 0. The topological polar surface area (TPSA) is 129 Å². The molecule has 1 N–H and O–H groups in total. The number of Topliss-reactive ketones (excluding diaryl/α,β-unsaturated/α-hetero) is 1. The molecule has 2 heterocycles. The molecule has 41 heavy (non-hydrogen) atoms. The molecule has 0 aliphatic carbocycles. The minimum Gasteiger partial charge on any atom is -0.478 e. The lowest BCUT2D eigenvalue weighted by Gasteiger charge is -2.14. The molecular formula is C32H20N2O7. The van der Waals surface area contributed by atoms with Crippen LogP contribution in [0.2, 0.25) is 0 Å². The van der Waals surface area contributed by atoms with Crippen LogP contribution in [0, 0.1) is 0 Å². The van der Waals surface area contributed by atoms with Crippen LogP contribution in [0.4, 0.5) is 11.4 Å². The molecule has 9 nitrogen and oxygen atoms in total. The van der Waals surface area contributed by atoms with E-state index < -0.39 is 29.6 Å². The summed E-state index contributed by atoms with van der Waals surface area (Å²) in [4.78, 5) is 77.2. The van der Waals surface area contributed by atoms with Crippen LogP contribution >= 0.6 is 0 Å². The number of anilines is 2. The number of carboxylic acids is 1. The quantitative estimate of drug-likeness (QED) is 0.273. The number of ketones is 1. The van der Waals surface area contributed by atoms with Crippen molar-refractivity contribution in [2.75, 3.05) is 9.80 Å². The van der Waals surface area contributed by atoms with Crippen molar-refractivity contribution in [1.82, 2.24) is 0 Å². The largest absolute Gasteiger partial charge is 0.478 e. The van der Waals surface area contributed by atoms with Gasteiger partial charge in [-0.2, -0.15) is 0 Å². The van der Waals surface area contributed by atoms with Crippen LogP contribution in [0.15, 0.2) is 84.9 Å². The van der Waals surface area contributed by atoms with E-state index in [4.69, 9.17) is 5.11 Å². The van der Waals surface area contributed by atoms with Gasteiger partial charge in [0.15, 0.2) is 5.78 Å². The van der Waals surface area contributed by atoms with Crippen LogP contribution in [0.3, 0.4) is 0 Å². The van der Waals surface area contributed by atoms with Crippen molar-refractivity contribution >= 4 is 46.8 Å². The van der Waals surface area contributed by atoms with Gasteiger partial charge >= 0.3 is 5.97 Å². The van der Waals surface area contributed by atoms with E-state index in [1.54, 1.807) is 60.7 Å². The number of hydrogen-bond donors (Lipinski definition) is 1. The normalized spacial score (nSPS) is 14.0. The fraction of sp³-hybridized carbons (Fsp3) is 0.0625. The standard InChI is InChI=1S/C32H20N2O7/c1-17(35)20-4-8-22(9-5-20)33-28(36)24-12-2-18(15-26(24)30(33)38)14-19-3-13-25-27(16-19)31(39)34(29(25)37)23-10-6-21(7-11-23)32(40)41/h2-13,15-16H,14H2,1H3,(H,40,41). The Morgan fingerprint density at radius 1 is 0.561 bits per heavy atom. The Morgan fingerprint density at radius 3 is 1.34 bits per heavy atom. The lowest BCUT2D eigenvalue weighted by atomic mass is 9.98. The Kier molecular flexibility index (Phi) is 5.92. The van der Waals surface area contributed by atoms with E-state index in [1.807, 2.05) is 0 Å². The summed E-state index contributed by atoms with van der Waals surface area (Å²) < 4.78 is 0. The Balaban J connectivity index is 1.24. The number of amides is 4. The molecule has 0 saturated heterocycles. The summed E-state index contributed by atoms with van der Waals surface area (Å²) in [6, 6.07) is 21.7. The average Bonchev–Trinajstić information content (AvgIpc) is 3.36. The molecule has 0 fully saturated rings. The number of aromatic carboxylic acids is 1. The third-order valence-corrected chi connectivity index (χ3v) is 7.21. The zero-order valence-corrected chi connectivity index (χ0v) is 21.6. The first-order chi connectivity index (χ1) is 19.6. The number of nitrogens with zero attached hydrogens (tertiary/aromatic N) is 2. The summed E-state index contributed by atoms with van der Waals surface area (Å²) >= 11 is 0. The van der Waals surface area contributed by atoms with E-state index in [2.05, 4.69) is 0 Å². The second-order valence-electron chi connectivity index (χ2n) is 9.78. The van der Waals surface area contributed by atoms with Gasteiger partial charge in [0.05, 0.1) is 39.2 Å². The van der Waals surface area contributed by atoms with Gasteiger partial charge in [0.1, 0.15) is 0 Å². The number of imide groups is 2. The molecule has 0 atom stereocenters. The molecule has 6 rings (SSSR count). The van der Waals surface area contributed by atoms with Gasteiger partial charge in [-0.1, -0.05) is 12.1 Å². The maximum Gasteiger partial charge on any atom is 0.335 e. The molecule has 0 radical (unpaired) electrons. The predicted molar refractivity (Wildman–Crippen MR) is 148 cm³/mol. The third-order valence-electron chi connectivity index (χ3n) is 7.21. The van der Waals surface area contributed by atoms with E-state index in [0.717, 1.165) is 20.9 Å². The zero-order valence-electron chi connectivity index (χ0n) is 21.6. The van der Waals surface area contributed by atoms with E-state index >= 15 is 0 Å². The number of carboxylic acid groups (broad SMARTS) is 1. The Bertz CT molecular complexity index is 1700. The van der Waals surface area contributed by atoms with Gasteiger partial charge in [0, 0.05) is 5.56 Å². The summed E-state index contributed by atoms with van der Waals surface area (Å²) in [5.41, 5.74) is 3.59. The minimum atomic E-state index is -1.11. The Hall–Kier alpha value is -5.70. The molecule has 2 aliphatic heterocycles. The molecule has 0 bridgehead atoms. The van der Waals surface area contributed by atoms with Crippen molar-refractivity contribution < 1.29 is 33.9 Å². The third kappa shape index (κ3) is 4.20. The highest BCUT2D eigenvalue weighted by Gasteiger charge is 2.38. The molecule has 4 amide bonds. The summed E-state index contributed by atoms with van der Waals surface area (Å²) in [6.07, 6.45) is 0.337. The molecule has 4 aromatic carbocycles. The van der Waals surface area contributed by atoms with Gasteiger partial charge in [0.2, 0.25) is 0 Å². The van der Waals surface area contributed by atoms with Crippen LogP contribution < -0.4 is 9.80 Å². The number of carbonyl (C=O) groups excluding carboxylic acids is 5. The van der Waals surface area contributed by atoms with E-state index in [-0.39, 0.29) is 39.3 Å². The van der Waals surface area contributed by atoms with Crippen LogP contribution in [0.1, 0.15) is 80.2 Å². The molecule has 9 heteroatoms. The van der Waals surface area contributed by atoms with Gasteiger partial charge in [0.25, 0.3) is 23.6 Å². The van der Waals surface area contributed by atoms with Gasteiger partial charge < -0.3 is 5.11 Å². The first-order valence-corrected chi connectivity index (χ1v) is 12.6. The summed E-state index contributed by atoms with van der Waals surface area (Å²) in [5, 5.41) is 9.11. The van der Waals surface area contributed by atoms with E-state index in [0.29, 0.717) is 17.7 Å². The highest BCUT2D eigenvalue weighted by Crippen LogP contribution is 2.32. The second-order valence-corrected chi connectivity index (χ2v) is 9.78. The molecule has 0 saturated carbocycles. The van der Waals surface area contributed by atoms with E-state index in [1.165, 1.54) is 31.2 Å². The molecule has 0 unspecified atom stereocenters. The molecule has 200 valence electrons. The zero-order chi connectivity index (χ0) is 29.0. The monoisotopic (exact) mass is 544 g/mol. The number of hydrogen-bond acceptors (Lipinski definition) is 6. The minimum absolute atomic E-state index is 0.0381. The van der Waals surface area contributed by atoms with Crippen LogP contribution in [-0.2, 0) is 6.42 Å². The Morgan fingerprint density at radius 2 is 0.951 bits per heavy atom. The molecule has 4 aromatic rings. The number of benzene rings is 4. The molecule has 0 spiro atoms. The summed E-state index contributed by atoms with van der Waals surface area (Å²) in [6.45, 7) is 1.44. The Labute approximate surface area is 233 Å². The van der Waals surface area contributed by atoms with Crippen LogP contribution in [0.25, 0.3) is 0 Å². The maximum atomic E-state index is 13.2. The predicted octanol–water partition coefficient (Wildman–Crippen LogP) is 4.78. The molecular weight excluding hydrogens is 524 g/mol. The van der Waals surface area contributed by atoms with Gasteiger partial charge in [-0.25, -0.2) is 14.6 Å². The van der Waals surface area contributed by atoms with E-state index in [9.17, 15) is 28.8 Å². The SMILES string of the molecule is CC(=O)c1ccc(N2C(=O)c3ccc(Cc4ccc5c(c4)C(=O)N(c4ccc(C(=O)O)cc4)C5=O)cc3C2=O)cc1. The average molecular weight is 545 g/mol. The number of carbonyl (C=O) groups is 6. The van der Waals surface area contributed by atoms with Gasteiger partial charge in [-0.15, -0.1) is 0 Å². The fourth-order valence-electron chi connectivity index (χ4n) is 5.10. The summed E-state index contributed by atoms with van der Waals surface area (Å²) in [5.74, 6) is -3.18. The van der Waals surface area contributed by atoms with Crippen LogP contribution in [0.5, 0.6) is 0 Å². The molecule has 2 aliphatic rings. The van der Waals surface area contributed by atoms with Crippen molar-refractivity contribution in [3.8, 4) is 0 Å². The highest BCUT2D eigenvalue weighted by atomic mass is 16.4. The smallest absolute Gasteiger partial charge is 0.335 e. The van der Waals surface area contributed by atoms with Crippen molar-refractivity contribution in [2.24, 2.45) is 0 Å². The van der Waals surface area contributed by atoms with Gasteiger partial charge in [-0.05, 0) is 97.3 Å². The van der Waals surface area contributed by atoms with Crippen molar-refractivity contribution in [1.29, 1.82) is 0 Å². The lowest BCUT2D eigenvalue weighted by molar-refractivity contribution is 0.0695. The van der Waals surface area contributed by atoms with Gasteiger partial charge in [-0.3, -0.25) is 24.0 Å². The molecule has 0 aromatic heterocycles. The first kappa shape index (κ1) is 25.6. The number of rotatable bonds is 6. The first-order valence-electron chi connectivity index (χ1n) is 12.6. The van der Waals surface area contributed by atoms with Crippen molar-refractivity contribution in [3.05, 3.63) is 129 Å². The second kappa shape index (κ2) is 9.49. The van der Waals surface area contributed by atoms with Crippen molar-refractivity contribution in [3.63, 3.8) is 0 Å². The van der Waals surface area contributed by atoms with Crippen LogP contribution in [-0.4, -0.2) is 40.5 Å². The maximum absolute atomic E-state index is 13.2. The highest BCUT2D eigenvalue weighted by molar-refractivity contribution is 6.35. The van der Waals surface area contributed by atoms with Crippen molar-refractivity contribution in [2.45, 2.75) is 13.3 Å².